The van der Waals surface area contributed by atoms with E-state index in [-0.39, 0.29) is 10.5 Å². The number of benzene rings is 3. The average Bonchev–Trinajstić information content (AvgIpc) is 3.16. The first-order valence-corrected chi connectivity index (χ1v) is 11.0. The molecule has 0 atom stereocenters. The molecule has 3 aromatic carbocycles. The Morgan fingerprint density at radius 3 is 2.66 bits per heavy atom. The first kappa shape index (κ1) is 19.5. The predicted octanol–water partition coefficient (Wildman–Crippen LogP) is 4.65. The van der Waals surface area contributed by atoms with Crippen LogP contribution >= 0.6 is 11.6 Å². The number of halogens is 1. The second kappa shape index (κ2) is 7.54. The molecular formula is C22H19ClN2O3S. The van der Waals surface area contributed by atoms with Crippen molar-refractivity contribution in [3.8, 4) is 0 Å². The molecule has 0 saturated carbocycles. The van der Waals surface area contributed by atoms with E-state index < -0.39 is 15.9 Å². The summed E-state index contributed by atoms with van der Waals surface area (Å²) in [5.74, 6) is -0.394. The Bertz CT molecular complexity index is 1210. The molecule has 0 saturated heterocycles. The molecule has 1 heterocycles. The van der Waals surface area contributed by atoms with Crippen LogP contribution in [0.1, 0.15) is 21.5 Å². The number of hydrogen-bond acceptors (Lipinski definition) is 3. The molecule has 1 aliphatic rings. The summed E-state index contributed by atoms with van der Waals surface area (Å²) in [5, 5.41) is 3.31. The van der Waals surface area contributed by atoms with Crippen LogP contribution in [0.3, 0.4) is 0 Å². The standard InChI is InChI=1S/C22H19ClN2O3S/c1-15-9-10-18(23)14-20(15)24-22(26)17-6-4-7-19(13-17)29(27,28)25-12-11-16-5-2-3-8-21(16)25/h2-10,13-14H,11-12H2,1H3,(H,24,26). The third-order valence-corrected chi connectivity index (χ3v) is 7.02. The molecule has 1 N–H and O–H groups in total. The third-order valence-electron chi connectivity index (χ3n) is 4.98. The summed E-state index contributed by atoms with van der Waals surface area (Å²) in [6.07, 6.45) is 0.670. The van der Waals surface area contributed by atoms with Crippen molar-refractivity contribution in [2.24, 2.45) is 0 Å². The average molecular weight is 427 g/mol. The number of aryl methyl sites for hydroxylation is 1. The Labute approximate surface area is 175 Å². The van der Waals surface area contributed by atoms with Gasteiger partial charge in [-0.15, -0.1) is 0 Å². The van der Waals surface area contributed by atoms with Gasteiger partial charge in [0.1, 0.15) is 0 Å². The summed E-state index contributed by atoms with van der Waals surface area (Å²) in [6, 6.07) is 18.8. The molecule has 4 rings (SSSR count). The third kappa shape index (κ3) is 3.73. The molecule has 3 aromatic rings. The molecule has 0 bridgehead atoms. The molecule has 0 unspecified atom stereocenters. The smallest absolute Gasteiger partial charge is 0.264 e. The number of fused-ring (bicyclic) bond motifs is 1. The van der Waals surface area contributed by atoms with Crippen LogP contribution in [0.25, 0.3) is 0 Å². The van der Waals surface area contributed by atoms with Crippen molar-refractivity contribution in [1.29, 1.82) is 0 Å². The fraction of sp³-hybridized carbons (Fsp3) is 0.136. The van der Waals surface area contributed by atoms with E-state index in [9.17, 15) is 13.2 Å². The molecule has 0 aromatic heterocycles. The number of amides is 1. The molecule has 0 aliphatic carbocycles. The zero-order chi connectivity index (χ0) is 20.6. The van der Waals surface area contributed by atoms with Gasteiger partial charge in [0.05, 0.1) is 10.6 Å². The second-order valence-electron chi connectivity index (χ2n) is 6.90. The van der Waals surface area contributed by atoms with Crippen LogP contribution in [0.2, 0.25) is 5.02 Å². The first-order valence-electron chi connectivity index (χ1n) is 9.14. The fourth-order valence-electron chi connectivity index (χ4n) is 3.41. The summed E-state index contributed by atoms with van der Waals surface area (Å²) in [7, 11) is -3.76. The van der Waals surface area contributed by atoms with Crippen molar-refractivity contribution >= 4 is 38.9 Å². The van der Waals surface area contributed by atoms with Crippen LogP contribution in [0.5, 0.6) is 0 Å². The van der Waals surface area contributed by atoms with Gasteiger partial charge in [-0.05, 0) is 60.9 Å². The highest BCUT2D eigenvalue weighted by atomic mass is 35.5. The van der Waals surface area contributed by atoms with Crippen molar-refractivity contribution in [2.75, 3.05) is 16.2 Å². The minimum absolute atomic E-state index is 0.0877. The van der Waals surface area contributed by atoms with Gasteiger partial charge < -0.3 is 5.32 Å². The van der Waals surface area contributed by atoms with Crippen LogP contribution in [0, 0.1) is 6.92 Å². The van der Waals surface area contributed by atoms with E-state index in [4.69, 9.17) is 11.6 Å². The number of para-hydroxylation sites is 1. The van der Waals surface area contributed by atoms with E-state index in [1.165, 1.54) is 16.4 Å². The van der Waals surface area contributed by atoms with Crippen LogP contribution < -0.4 is 9.62 Å². The number of carbonyl (C=O) groups is 1. The van der Waals surface area contributed by atoms with Crippen LogP contribution in [0.15, 0.2) is 71.6 Å². The number of sulfonamides is 1. The van der Waals surface area contributed by atoms with E-state index >= 15 is 0 Å². The normalized spacial score (nSPS) is 13.2. The van der Waals surface area contributed by atoms with Gasteiger partial charge >= 0.3 is 0 Å². The summed E-state index contributed by atoms with van der Waals surface area (Å²) in [5.41, 5.74) is 3.40. The van der Waals surface area contributed by atoms with Crippen molar-refractivity contribution in [3.63, 3.8) is 0 Å². The second-order valence-corrected chi connectivity index (χ2v) is 9.20. The molecule has 148 valence electrons. The van der Waals surface area contributed by atoms with Crippen LogP contribution in [0.4, 0.5) is 11.4 Å². The lowest BCUT2D eigenvalue weighted by atomic mass is 10.1. The Morgan fingerprint density at radius 2 is 1.83 bits per heavy atom. The lowest BCUT2D eigenvalue weighted by Crippen LogP contribution is -2.29. The summed E-state index contributed by atoms with van der Waals surface area (Å²) in [4.78, 5) is 12.8. The Morgan fingerprint density at radius 1 is 1.03 bits per heavy atom. The predicted molar refractivity (Wildman–Crippen MR) is 115 cm³/mol. The maximum Gasteiger partial charge on any atom is 0.264 e. The van der Waals surface area contributed by atoms with E-state index in [1.807, 2.05) is 31.2 Å². The zero-order valence-electron chi connectivity index (χ0n) is 15.7. The van der Waals surface area contributed by atoms with Crippen molar-refractivity contribution in [2.45, 2.75) is 18.2 Å². The largest absolute Gasteiger partial charge is 0.322 e. The maximum absolute atomic E-state index is 13.2. The van der Waals surface area contributed by atoms with Gasteiger partial charge in [-0.25, -0.2) is 8.42 Å². The van der Waals surface area contributed by atoms with Crippen molar-refractivity contribution in [3.05, 3.63) is 88.4 Å². The molecule has 1 aliphatic heterocycles. The quantitative estimate of drug-likeness (QED) is 0.660. The van der Waals surface area contributed by atoms with Gasteiger partial charge in [0, 0.05) is 22.8 Å². The van der Waals surface area contributed by atoms with Gasteiger partial charge in [0.15, 0.2) is 0 Å². The van der Waals surface area contributed by atoms with E-state index in [0.717, 1.165) is 11.1 Å². The van der Waals surface area contributed by atoms with Crippen LogP contribution in [-0.2, 0) is 16.4 Å². The zero-order valence-corrected chi connectivity index (χ0v) is 17.3. The molecule has 29 heavy (non-hydrogen) atoms. The number of nitrogens with zero attached hydrogens (tertiary/aromatic N) is 1. The van der Waals surface area contributed by atoms with E-state index in [1.54, 1.807) is 30.3 Å². The van der Waals surface area contributed by atoms with Gasteiger partial charge in [-0.3, -0.25) is 9.10 Å². The number of rotatable bonds is 4. The Hall–Kier alpha value is -2.83. The Balaban J connectivity index is 1.63. The molecule has 0 fully saturated rings. The van der Waals surface area contributed by atoms with Gasteiger partial charge in [-0.2, -0.15) is 0 Å². The van der Waals surface area contributed by atoms with Gasteiger partial charge in [-0.1, -0.05) is 41.9 Å². The summed E-state index contributed by atoms with van der Waals surface area (Å²) in [6.45, 7) is 2.25. The Kier molecular flexibility index (Phi) is 5.06. The van der Waals surface area contributed by atoms with E-state index in [0.29, 0.717) is 29.4 Å². The van der Waals surface area contributed by atoms with Crippen LogP contribution in [-0.4, -0.2) is 20.9 Å². The fourth-order valence-corrected chi connectivity index (χ4v) is 5.13. The molecule has 0 radical (unpaired) electrons. The SMILES string of the molecule is Cc1ccc(Cl)cc1NC(=O)c1cccc(S(=O)(=O)N2CCc3ccccc32)c1. The highest BCUT2D eigenvalue weighted by Gasteiger charge is 2.30. The number of hydrogen-bond donors (Lipinski definition) is 1. The highest BCUT2D eigenvalue weighted by molar-refractivity contribution is 7.92. The molecule has 0 spiro atoms. The topological polar surface area (TPSA) is 66.5 Å². The summed E-state index contributed by atoms with van der Waals surface area (Å²) < 4.78 is 27.8. The minimum atomic E-state index is -3.76. The number of anilines is 2. The molecule has 1 amide bonds. The van der Waals surface area contributed by atoms with E-state index in [2.05, 4.69) is 5.32 Å². The van der Waals surface area contributed by atoms with Gasteiger partial charge in [0.2, 0.25) is 0 Å². The molecular weight excluding hydrogens is 408 g/mol. The van der Waals surface area contributed by atoms with Crippen molar-refractivity contribution < 1.29 is 13.2 Å². The first-order chi connectivity index (χ1) is 13.9. The summed E-state index contributed by atoms with van der Waals surface area (Å²) >= 11 is 6.01. The molecule has 7 heteroatoms. The lowest BCUT2D eigenvalue weighted by molar-refractivity contribution is 0.102. The highest BCUT2D eigenvalue weighted by Crippen LogP contribution is 2.33. The number of carbonyl (C=O) groups excluding carboxylic acids is 1. The lowest BCUT2D eigenvalue weighted by Gasteiger charge is -2.20. The van der Waals surface area contributed by atoms with Crippen molar-refractivity contribution in [1.82, 2.24) is 0 Å². The maximum atomic E-state index is 13.2. The monoisotopic (exact) mass is 426 g/mol. The van der Waals surface area contributed by atoms with Gasteiger partial charge in [0.25, 0.3) is 15.9 Å². The molecule has 5 nitrogen and oxygen atoms in total. The minimum Gasteiger partial charge on any atom is -0.322 e. The number of nitrogens with one attached hydrogen (secondary N) is 1.